The highest BCUT2D eigenvalue weighted by Crippen LogP contribution is 2.27. The van der Waals surface area contributed by atoms with E-state index in [1.165, 1.54) is 11.1 Å². The summed E-state index contributed by atoms with van der Waals surface area (Å²) >= 11 is 3.60. The van der Waals surface area contributed by atoms with Crippen molar-refractivity contribution in [3.8, 4) is 5.88 Å². The number of likely N-dealkylation sites (N-methyl/N-ethyl adjacent to an activating group) is 1. The van der Waals surface area contributed by atoms with Crippen molar-refractivity contribution in [1.82, 2.24) is 15.3 Å². The Kier molecular flexibility index (Phi) is 5.70. The highest BCUT2D eigenvalue weighted by atomic mass is 79.9. The Morgan fingerprint density at radius 3 is 2.86 bits per heavy atom. The first-order chi connectivity index (χ1) is 10.2. The molecular weight excluding hydrogens is 330 g/mol. The second kappa shape index (κ2) is 7.52. The summed E-state index contributed by atoms with van der Waals surface area (Å²) in [5.74, 6) is 0.598. The molecule has 2 aromatic rings. The van der Waals surface area contributed by atoms with Gasteiger partial charge in [-0.1, -0.05) is 35.0 Å². The Labute approximate surface area is 134 Å². The largest absolute Gasteiger partial charge is 0.481 e. The second-order valence-corrected chi connectivity index (χ2v) is 5.67. The van der Waals surface area contributed by atoms with Crippen molar-refractivity contribution < 1.29 is 4.74 Å². The third-order valence-corrected chi connectivity index (χ3v) is 4.32. The van der Waals surface area contributed by atoms with Crippen LogP contribution in [0.15, 0.2) is 35.1 Å². The first-order valence-electron chi connectivity index (χ1n) is 6.99. The molecule has 0 bridgehead atoms. The van der Waals surface area contributed by atoms with Crippen LogP contribution >= 0.6 is 15.9 Å². The molecule has 0 spiro atoms. The molecule has 0 radical (unpaired) electrons. The Balaban J connectivity index is 2.28. The van der Waals surface area contributed by atoms with Crippen LogP contribution in [0.2, 0.25) is 0 Å². The molecule has 0 saturated heterocycles. The summed E-state index contributed by atoms with van der Waals surface area (Å²) in [7, 11) is 1.62. The lowest BCUT2D eigenvalue weighted by molar-refractivity contribution is 0.395. The van der Waals surface area contributed by atoms with E-state index in [1.54, 1.807) is 13.4 Å². The maximum absolute atomic E-state index is 5.17. The second-order valence-electron chi connectivity index (χ2n) is 4.82. The summed E-state index contributed by atoms with van der Waals surface area (Å²) in [4.78, 5) is 8.40. The van der Waals surface area contributed by atoms with Gasteiger partial charge >= 0.3 is 0 Å². The molecule has 0 aliphatic rings. The van der Waals surface area contributed by atoms with Gasteiger partial charge in [-0.05, 0) is 30.7 Å². The van der Waals surface area contributed by atoms with Crippen LogP contribution in [0.3, 0.4) is 0 Å². The minimum atomic E-state index is 0.215. The maximum Gasteiger partial charge on any atom is 0.216 e. The predicted molar refractivity (Wildman–Crippen MR) is 87.6 cm³/mol. The van der Waals surface area contributed by atoms with Crippen LogP contribution in [-0.4, -0.2) is 23.6 Å². The molecule has 1 aromatic heterocycles. The predicted octanol–water partition coefficient (Wildman–Crippen LogP) is 3.45. The number of methoxy groups -OCH3 is 1. The number of nitrogens with one attached hydrogen (secondary N) is 1. The van der Waals surface area contributed by atoms with E-state index in [1.807, 2.05) is 6.07 Å². The fourth-order valence-corrected chi connectivity index (χ4v) is 2.73. The minimum Gasteiger partial charge on any atom is -0.481 e. The summed E-state index contributed by atoms with van der Waals surface area (Å²) in [6.45, 7) is 5.14. The van der Waals surface area contributed by atoms with Gasteiger partial charge in [-0.2, -0.15) is 0 Å². The van der Waals surface area contributed by atoms with E-state index in [2.05, 4.69) is 63.3 Å². The van der Waals surface area contributed by atoms with Gasteiger partial charge in [0.2, 0.25) is 5.88 Å². The van der Waals surface area contributed by atoms with Gasteiger partial charge in [0.1, 0.15) is 6.33 Å². The molecule has 112 valence electrons. The quantitative estimate of drug-likeness (QED) is 0.867. The molecule has 0 aliphatic carbocycles. The summed E-state index contributed by atoms with van der Waals surface area (Å²) in [5.41, 5.74) is 3.50. The molecular formula is C16H20BrN3O. The maximum atomic E-state index is 5.17. The lowest BCUT2D eigenvalue weighted by Crippen LogP contribution is -2.24. The third kappa shape index (κ3) is 4.02. The summed E-state index contributed by atoms with van der Waals surface area (Å²) in [5, 5.41) is 3.53. The Morgan fingerprint density at radius 2 is 2.14 bits per heavy atom. The first-order valence-corrected chi connectivity index (χ1v) is 7.78. The minimum absolute atomic E-state index is 0.215. The molecule has 5 heteroatoms. The van der Waals surface area contributed by atoms with E-state index in [0.717, 1.165) is 23.1 Å². The molecule has 2 rings (SSSR count). The molecule has 4 nitrogen and oxygen atoms in total. The van der Waals surface area contributed by atoms with Crippen molar-refractivity contribution >= 4 is 15.9 Å². The highest BCUT2D eigenvalue weighted by Gasteiger charge is 2.16. The lowest BCUT2D eigenvalue weighted by Gasteiger charge is -2.21. The zero-order valence-corrected chi connectivity index (χ0v) is 14.1. The molecule has 21 heavy (non-hydrogen) atoms. The standard InChI is InChI=1S/C16H20BrN3O/c1-4-18-15(13-6-5-7-14(17)11(13)2)8-12-9-16(21-3)20-10-19-12/h5-7,9-10,15,18H,4,8H2,1-3H3. The van der Waals surface area contributed by atoms with Gasteiger partial charge in [-0.15, -0.1) is 0 Å². The highest BCUT2D eigenvalue weighted by molar-refractivity contribution is 9.10. The van der Waals surface area contributed by atoms with E-state index in [0.29, 0.717) is 5.88 Å². The molecule has 0 aliphatic heterocycles. The van der Waals surface area contributed by atoms with Gasteiger partial charge in [-0.3, -0.25) is 0 Å². The van der Waals surface area contributed by atoms with Gasteiger partial charge in [0.15, 0.2) is 0 Å². The zero-order valence-electron chi connectivity index (χ0n) is 12.6. The first kappa shape index (κ1) is 15.9. The van der Waals surface area contributed by atoms with Crippen LogP contribution in [0.25, 0.3) is 0 Å². The van der Waals surface area contributed by atoms with Crippen LogP contribution < -0.4 is 10.1 Å². The lowest BCUT2D eigenvalue weighted by atomic mass is 9.97. The van der Waals surface area contributed by atoms with Crippen molar-refractivity contribution in [1.29, 1.82) is 0 Å². The topological polar surface area (TPSA) is 47.0 Å². The molecule has 1 aromatic carbocycles. The van der Waals surface area contributed by atoms with Gasteiger partial charge in [0, 0.05) is 28.7 Å². The van der Waals surface area contributed by atoms with Gasteiger partial charge in [-0.25, -0.2) is 9.97 Å². The van der Waals surface area contributed by atoms with Crippen LogP contribution in [-0.2, 0) is 6.42 Å². The number of rotatable bonds is 6. The fourth-order valence-electron chi connectivity index (χ4n) is 2.35. The van der Waals surface area contributed by atoms with Crippen LogP contribution in [0, 0.1) is 6.92 Å². The van der Waals surface area contributed by atoms with Crippen LogP contribution in [0.4, 0.5) is 0 Å². The Hall–Kier alpha value is -1.46. The number of aromatic nitrogens is 2. The number of hydrogen-bond donors (Lipinski definition) is 1. The smallest absolute Gasteiger partial charge is 0.216 e. The van der Waals surface area contributed by atoms with Crippen LogP contribution in [0.1, 0.15) is 29.8 Å². The number of ether oxygens (including phenoxy) is 1. The number of nitrogens with zero attached hydrogens (tertiary/aromatic N) is 2. The van der Waals surface area contributed by atoms with Crippen LogP contribution in [0.5, 0.6) is 5.88 Å². The van der Waals surface area contributed by atoms with Crippen molar-refractivity contribution in [2.24, 2.45) is 0 Å². The molecule has 0 saturated carbocycles. The van der Waals surface area contributed by atoms with Crippen molar-refractivity contribution in [2.45, 2.75) is 26.3 Å². The number of hydrogen-bond acceptors (Lipinski definition) is 4. The monoisotopic (exact) mass is 349 g/mol. The average Bonchev–Trinajstić information content (AvgIpc) is 2.50. The van der Waals surface area contributed by atoms with Gasteiger partial charge in [0.25, 0.3) is 0 Å². The SMILES string of the molecule is CCNC(Cc1cc(OC)ncn1)c1cccc(Br)c1C. The Morgan fingerprint density at radius 1 is 1.33 bits per heavy atom. The molecule has 1 heterocycles. The summed E-state index contributed by atoms with van der Waals surface area (Å²) in [6.07, 6.45) is 2.34. The van der Waals surface area contributed by atoms with E-state index >= 15 is 0 Å². The van der Waals surface area contributed by atoms with E-state index in [4.69, 9.17) is 4.74 Å². The third-order valence-electron chi connectivity index (χ3n) is 3.46. The zero-order chi connectivity index (χ0) is 15.2. The molecule has 1 N–H and O–H groups in total. The molecule has 0 fully saturated rings. The number of halogens is 1. The van der Waals surface area contributed by atoms with E-state index < -0.39 is 0 Å². The van der Waals surface area contributed by atoms with Crippen molar-refractivity contribution in [2.75, 3.05) is 13.7 Å². The van der Waals surface area contributed by atoms with Crippen molar-refractivity contribution in [3.63, 3.8) is 0 Å². The Bertz CT molecular complexity index is 604. The van der Waals surface area contributed by atoms with E-state index in [9.17, 15) is 0 Å². The average molecular weight is 350 g/mol. The molecule has 1 atom stereocenters. The van der Waals surface area contributed by atoms with Gasteiger partial charge in [0.05, 0.1) is 7.11 Å². The van der Waals surface area contributed by atoms with Crippen molar-refractivity contribution in [3.05, 3.63) is 51.9 Å². The van der Waals surface area contributed by atoms with E-state index in [-0.39, 0.29) is 6.04 Å². The fraction of sp³-hybridized carbons (Fsp3) is 0.375. The number of benzene rings is 1. The summed E-state index contributed by atoms with van der Waals surface area (Å²) < 4.78 is 6.29. The normalized spacial score (nSPS) is 12.2. The molecule has 1 unspecified atom stereocenters. The van der Waals surface area contributed by atoms with Gasteiger partial charge < -0.3 is 10.1 Å². The summed E-state index contributed by atoms with van der Waals surface area (Å²) in [6, 6.07) is 8.39. The molecule has 0 amide bonds.